The molecule has 0 bridgehead atoms. The van der Waals surface area contributed by atoms with E-state index >= 15 is 0 Å². The first-order chi connectivity index (χ1) is 9.71. The molecule has 1 aromatic rings. The molecule has 0 radical (unpaired) electrons. The number of nitrogens with one attached hydrogen (secondary N) is 1. The molecule has 1 rings (SSSR count). The summed E-state index contributed by atoms with van der Waals surface area (Å²) in [6, 6.07) is 5.40. The number of nitriles is 1. The van der Waals surface area contributed by atoms with E-state index in [0.717, 1.165) is 0 Å². The average Bonchev–Trinajstić information content (AvgIpc) is 2.36. The highest BCUT2D eigenvalue weighted by Gasteiger charge is 2.24. The van der Waals surface area contributed by atoms with Crippen molar-refractivity contribution in [1.29, 1.82) is 5.26 Å². The molecule has 1 heterocycles. The van der Waals surface area contributed by atoms with Gasteiger partial charge in [0.2, 0.25) is 0 Å². The largest absolute Gasteiger partial charge is 0.480 e. The molecule has 0 spiro atoms. The van der Waals surface area contributed by atoms with Gasteiger partial charge < -0.3 is 15.2 Å². The van der Waals surface area contributed by atoms with E-state index < -0.39 is 23.7 Å². The highest BCUT2D eigenvalue weighted by atomic mass is 16.6. The summed E-state index contributed by atoms with van der Waals surface area (Å²) in [5.74, 6) is -1.20. The van der Waals surface area contributed by atoms with E-state index in [4.69, 9.17) is 15.1 Å². The van der Waals surface area contributed by atoms with E-state index in [2.05, 4.69) is 10.3 Å². The van der Waals surface area contributed by atoms with Crippen molar-refractivity contribution in [3.8, 4) is 6.07 Å². The second-order valence-electron chi connectivity index (χ2n) is 5.37. The third kappa shape index (κ3) is 5.91. The zero-order valence-electron chi connectivity index (χ0n) is 12.1. The van der Waals surface area contributed by atoms with Crippen LogP contribution < -0.4 is 5.32 Å². The number of hydrogen-bond acceptors (Lipinski definition) is 5. The molecular weight excluding hydrogens is 274 g/mol. The molecule has 0 unspecified atom stereocenters. The van der Waals surface area contributed by atoms with E-state index in [1.165, 1.54) is 6.07 Å². The van der Waals surface area contributed by atoms with Crippen molar-refractivity contribution in [3.63, 3.8) is 0 Å². The summed E-state index contributed by atoms with van der Waals surface area (Å²) in [6.45, 7) is 5.04. The molecular formula is C14H17N3O4. The number of nitrogens with zero attached hydrogens (tertiary/aromatic N) is 2. The number of pyridine rings is 1. The van der Waals surface area contributed by atoms with Crippen LogP contribution in [-0.4, -0.2) is 33.8 Å². The van der Waals surface area contributed by atoms with Crippen LogP contribution in [0.15, 0.2) is 18.2 Å². The number of hydrogen-bond donors (Lipinski definition) is 2. The van der Waals surface area contributed by atoms with Gasteiger partial charge in [0.15, 0.2) is 0 Å². The van der Waals surface area contributed by atoms with Crippen LogP contribution in [0.1, 0.15) is 32.2 Å². The molecule has 0 aliphatic rings. The van der Waals surface area contributed by atoms with Crippen molar-refractivity contribution in [2.45, 2.75) is 38.8 Å². The lowest BCUT2D eigenvalue weighted by Crippen LogP contribution is -2.44. The van der Waals surface area contributed by atoms with Gasteiger partial charge in [-0.25, -0.2) is 14.6 Å². The second-order valence-corrected chi connectivity index (χ2v) is 5.37. The standard InChI is InChI=1S/C14H17N3O4/c1-14(2,3)21-13(20)17-11(12(18)19)7-9-5-4-6-10(8-15)16-9/h4-6,11H,7H2,1-3H3,(H,17,20)(H,18,19)/t11-/m0/s1. The van der Waals surface area contributed by atoms with Crippen LogP contribution in [0.25, 0.3) is 0 Å². The van der Waals surface area contributed by atoms with Gasteiger partial charge in [-0.1, -0.05) is 6.07 Å². The quantitative estimate of drug-likeness (QED) is 0.868. The van der Waals surface area contributed by atoms with Gasteiger partial charge in [0, 0.05) is 12.1 Å². The Kier molecular flexibility index (Phi) is 5.24. The number of carbonyl (C=O) groups is 2. The van der Waals surface area contributed by atoms with Gasteiger partial charge in [-0.3, -0.25) is 0 Å². The Bertz CT molecular complexity index is 572. The minimum Gasteiger partial charge on any atom is -0.480 e. The Hall–Kier alpha value is -2.62. The Morgan fingerprint density at radius 3 is 2.67 bits per heavy atom. The third-order valence-electron chi connectivity index (χ3n) is 2.32. The van der Waals surface area contributed by atoms with Crippen LogP contribution in [-0.2, 0) is 16.0 Å². The second kappa shape index (κ2) is 6.70. The fraction of sp³-hybridized carbons (Fsp3) is 0.429. The summed E-state index contributed by atoms with van der Waals surface area (Å²) in [5.41, 5.74) is -0.127. The highest BCUT2D eigenvalue weighted by Crippen LogP contribution is 2.08. The smallest absolute Gasteiger partial charge is 0.408 e. The molecule has 7 heteroatoms. The fourth-order valence-corrected chi connectivity index (χ4v) is 1.51. The Labute approximate surface area is 122 Å². The summed E-state index contributed by atoms with van der Waals surface area (Å²) >= 11 is 0. The number of ether oxygens (including phenoxy) is 1. The zero-order valence-corrected chi connectivity index (χ0v) is 12.1. The molecule has 7 nitrogen and oxygen atoms in total. The number of amides is 1. The molecule has 0 fully saturated rings. The van der Waals surface area contributed by atoms with Gasteiger partial charge in [-0.05, 0) is 32.9 Å². The summed E-state index contributed by atoms with van der Waals surface area (Å²) in [7, 11) is 0. The molecule has 0 aromatic carbocycles. The van der Waals surface area contributed by atoms with E-state index in [-0.39, 0.29) is 12.1 Å². The number of alkyl carbamates (subject to hydrolysis) is 1. The summed E-state index contributed by atoms with van der Waals surface area (Å²) < 4.78 is 5.01. The average molecular weight is 291 g/mol. The van der Waals surface area contributed by atoms with Crippen LogP contribution in [0, 0.1) is 11.3 Å². The van der Waals surface area contributed by atoms with E-state index in [1.54, 1.807) is 32.9 Å². The van der Waals surface area contributed by atoms with E-state index in [1.807, 2.05) is 6.07 Å². The third-order valence-corrected chi connectivity index (χ3v) is 2.32. The topological polar surface area (TPSA) is 112 Å². The summed E-state index contributed by atoms with van der Waals surface area (Å²) in [6.07, 6.45) is -0.851. The number of carboxylic acid groups (broad SMARTS) is 1. The van der Waals surface area contributed by atoms with Crippen molar-refractivity contribution >= 4 is 12.1 Å². The maximum atomic E-state index is 11.6. The number of carboxylic acids is 1. The number of aliphatic carboxylic acids is 1. The first-order valence-corrected chi connectivity index (χ1v) is 6.29. The monoisotopic (exact) mass is 291 g/mol. The number of rotatable bonds is 4. The first kappa shape index (κ1) is 16.4. The normalized spacial score (nSPS) is 12.1. The van der Waals surface area contributed by atoms with Gasteiger partial charge in [0.1, 0.15) is 23.4 Å². The van der Waals surface area contributed by atoms with Gasteiger partial charge >= 0.3 is 12.1 Å². The van der Waals surface area contributed by atoms with E-state index in [9.17, 15) is 9.59 Å². The maximum Gasteiger partial charge on any atom is 0.408 e. The molecule has 0 aliphatic heterocycles. The van der Waals surface area contributed by atoms with Crippen molar-refractivity contribution in [2.24, 2.45) is 0 Å². The molecule has 112 valence electrons. The minimum absolute atomic E-state index is 0.0376. The van der Waals surface area contributed by atoms with Crippen molar-refractivity contribution in [3.05, 3.63) is 29.6 Å². The minimum atomic E-state index is -1.20. The zero-order chi connectivity index (χ0) is 16.0. The molecule has 1 atom stereocenters. The molecule has 1 amide bonds. The molecule has 0 aliphatic carbocycles. The number of aromatic nitrogens is 1. The first-order valence-electron chi connectivity index (χ1n) is 6.29. The highest BCUT2D eigenvalue weighted by molar-refractivity contribution is 5.80. The molecule has 0 saturated carbocycles. The summed E-state index contributed by atoms with van der Waals surface area (Å²) in [4.78, 5) is 26.8. The molecule has 0 saturated heterocycles. The maximum absolute atomic E-state index is 11.6. The predicted molar refractivity (Wildman–Crippen MR) is 73.4 cm³/mol. The van der Waals surface area contributed by atoms with Crippen LogP contribution in [0.3, 0.4) is 0 Å². The van der Waals surface area contributed by atoms with Gasteiger partial charge in [-0.15, -0.1) is 0 Å². The predicted octanol–water partition coefficient (Wildman–Crippen LogP) is 1.47. The van der Waals surface area contributed by atoms with E-state index in [0.29, 0.717) is 5.69 Å². The molecule has 2 N–H and O–H groups in total. The van der Waals surface area contributed by atoms with Crippen LogP contribution in [0.4, 0.5) is 4.79 Å². The Morgan fingerprint density at radius 2 is 2.14 bits per heavy atom. The van der Waals surface area contributed by atoms with Gasteiger partial charge in [0.25, 0.3) is 0 Å². The van der Waals surface area contributed by atoms with Gasteiger partial charge in [-0.2, -0.15) is 5.26 Å². The lowest BCUT2D eigenvalue weighted by atomic mass is 10.1. The molecule has 1 aromatic heterocycles. The Morgan fingerprint density at radius 1 is 1.48 bits per heavy atom. The van der Waals surface area contributed by atoms with Crippen molar-refractivity contribution in [1.82, 2.24) is 10.3 Å². The SMILES string of the molecule is CC(C)(C)OC(=O)N[C@@H](Cc1cccc(C#N)n1)C(=O)O. The Balaban J connectivity index is 2.77. The fourth-order valence-electron chi connectivity index (χ4n) is 1.51. The lowest BCUT2D eigenvalue weighted by Gasteiger charge is -2.21. The van der Waals surface area contributed by atoms with Crippen LogP contribution >= 0.6 is 0 Å². The molecule has 21 heavy (non-hydrogen) atoms. The van der Waals surface area contributed by atoms with Crippen LogP contribution in [0.2, 0.25) is 0 Å². The summed E-state index contributed by atoms with van der Waals surface area (Å²) in [5, 5.41) is 20.2. The lowest BCUT2D eigenvalue weighted by molar-refractivity contribution is -0.139. The van der Waals surface area contributed by atoms with Gasteiger partial charge in [0.05, 0.1) is 0 Å². The van der Waals surface area contributed by atoms with Crippen molar-refractivity contribution < 1.29 is 19.4 Å². The number of carbonyl (C=O) groups excluding carboxylic acids is 1. The van der Waals surface area contributed by atoms with Crippen molar-refractivity contribution in [2.75, 3.05) is 0 Å². The van der Waals surface area contributed by atoms with Crippen LogP contribution in [0.5, 0.6) is 0 Å².